The molecule has 1 N–H and O–H groups in total. The summed E-state index contributed by atoms with van der Waals surface area (Å²) < 4.78 is 5.50. The highest BCUT2D eigenvalue weighted by Crippen LogP contribution is 2.44. The van der Waals surface area contributed by atoms with E-state index in [1.54, 1.807) is 24.3 Å². The first-order chi connectivity index (χ1) is 14.7. The maximum atomic E-state index is 12.1. The van der Waals surface area contributed by atoms with Gasteiger partial charge in [0, 0.05) is 18.0 Å². The molecule has 5 heteroatoms. The van der Waals surface area contributed by atoms with Crippen molar-refractivity contribution in [3.8, 4) is 11.1 Å². The smallest absolute Gasteiger partial charge is 0.407 e. The maximum absolute atomic E-state index is 12.1. The molecule has 0 saturated heterocycles. The van der Waals surface area contributed by atoms with Gasteiger partial charge in [0.15, 0.2) is 6.29 Å². The standard InChI is InChI=1S/C25H20ClNO3/c26-24-14-17(11-12-18(24)15-28)6-5-13-27-25(29)30-16-23-21-9-3-1-7-19(21)20-8-2-4-10-22(20)23/h1-12,14-15,23H,13,16H2,(H,27,29). The molecule has 0 aliphatic heterocycles. The lowest BCUT2D eigenvalue weighted by molar-refractivity contribution is 0.112. The van der Waals surface area contributed by atoms with E-state index in [2.05, 4.69) is 29.6 Å². The van der Waals surface area contributed by atoms with Gasteiger partial charge in [-0.3, -0.25) is 4.79 Å². The summed E-state index contributed by atoms with van der Waals surface area (Å²) in [6, 6.07) is 21.6. The molecule has 0 unspecified atom stereocenters. The highest BCUT2D eigenvalue weighted by Gasteiger charge is 2.28. The van der Waals surface area contributed by atoms with Crippen LogP contribution < -0.4 is 5.32 Å². The molecule has 0 fully saturated rings. The third-order valence-corrected chi connectivity index (χ3v) is 5.50. The Bertz CT molecular complexity index is 1080. The zero-order valence-electron chi connectivity index (χ0n) is 16.2. The molecule has 0 atom stereocenters. The molecular formula is C25H20ClNO3. The molecule has 1 amide bonds. The van der Waals surface area contributed by atoms with Crippen LogP contribution in [0.25, 0.3) is 17.2 Å². The minimum Gasteiger partial charge on any atom is -0.449 e. The van der Waals surface area contributed by atoms with E-state index < -0.39 is 6.09 Å². The quantitative estimate of drug-likeness (QED) is 0.523. The monoisotopic (exact) mass is 417 g/mol. The van der Waals surface area contributed by atoms with Gasteiger partial charge >= 0.3 is 6.09 Å². The van der Waals surface area contributed by atoms with Crippen LogP contribution in [0, 0.1) is 0 Å². The Balaban J connectivity index is 1.32. The van der Waals surface area contributed by atoms with Crippen LogP contribution in [-0.2, 0) is 4.74 Å². The number of fused-ring (bicyclic) bond motifs is 3. The zero-order valence-corrected chi connectivity index (χ0v) is 16.9. The van der Waals surface area contributed by atoms with Crippen molar-refractivity contribution >= 4 is 30.1 Å². The number of ether oxygens (including phenoxy) is 1. The van der Waals surface area contributed by atoms with Crippen molar-refractivity contribution in [1.82, 2.24) is 5.32 Å². The van der Waals surface area contributed by atoms with Gasteiger partial charge in [-0.15, -0.1) is 0 Å². The third kappa shape index (κ3) is 4.14. The van der Waals surface area contributed by atoms with Crippen molar-refractivity contribution in [2.75, 3.05) is 13.2 Å². The molecular weight excluding hydrogens is 398 g/mol. The predicted molar refractivity (Wildman–Crippen MR) is 119 cm³/mol. The number of rotatable bonds is 6. The average molecular weight is 418 g/mol. The van der Waals surface area contributed by atoms with Crippen LogP contribution in [0.1, 0.15) is 33.0 Å². The first kappa shape index (κ1) is 19.9. The Morgan fingerprint density at radius 1 is 1.00 bits per heavy atom. The molecule has 0 saturated carbocycles. The molecule has 0 heterocycles. The minimum atomic E-state index is -0.462. The number of nitrogens with one attached hydrogen (secondary N) is 1. The summed E-state index contributed by atoms with van der Waals surface area (Å²) in [6.45, 7) is 0.607. The Hall–Kier alpha value is -3.37. The van der Waals surface area contributed by atoms with E-state index in [-0.39, 0.29) is 12.5 Å². The third-order valence-electron chi connectivity index (χ3n) is 5.17. The SMILES string of the molecule is O=Cc1ccc(C=CCNC(=O)OCC2c3ccccc3-c3ccccc32)cc1Cl. The van der Waals surface area contributed by atoms with E-state index in [0.29, 0.717) is 23.4 Å². The second-order valence-corrected chi connectivity index (χ2v) is 7.41. The topological polar surface area (TPSA) is 55.4 Å². The highest BCUT2D eigenvalue weighted by molar-refractivity contribution is 6.33. The van der Waals surface area contributed by atoms with Gasteiger partial charge in [0.05, 0.1) is 5.02 Å². The zero-order chi connectivity index (χ0) is 20.9. The maximum Gasteiger partial charge on any atom is 0.407 e. The molecule has 4 nitrogen and oxygen atoms in total. The molecule has 3 aromatic carbocycles. The fourth-order valence-electron chi connectivity index (χ4n) is 3.73. The number of amides is 1. The molecule has 0 radical (unpaired) electrons. The van der Waals surface area contributed by atoms with Crippen LogP contribution in [-0.4, -0.2) is 25.5 Å². The molecule has 1 aliphatic rings. The van der Waals surface area contributed by atoms with Crippen LogP contribution in [0.2, 0.25) is 5.02 Å². The van der Waals surface area contributed by atoms with Crippen molar-refractivity contribution in [1.29, 1.82) is 0 Å². The van der Waals surface area contributed by atoms with Crippen LogP contribution in [0.15, 0.2) is 72.8 Å². The van der Waals surface area contributed by atoms with Crippen molar-refractivity contribution in [3.05, 3.63) is 100 Å². The summed E-state index contributed by atoms with van der Waals surface area (Å²) in [4.78, 5) is 22.9. The van der Waals surface area contributed by atoms with Gasteiger partial charge < -0.3 is 10.1 Å². The Kier molecular flexibility index (Phi) is 5.96. The van der Waals surface area contributed by atoms with Crippen LogP contribution in [0.3, 0.4) is 0 Å². The summed E-state index contributed by atoms with van der Waals surface area (Å²) in [6.07, 6.45) is 3.88. The first-order valence-corrected chi connectivity index (χ1v) is 10.1. The molecule has 1 aliphatic carbocycles. The van der Waals surface area contributed by atoms with E-state index in [0.717, 1.165) is 5.56 Å². The van der Waals surface area contributed by atoms with Gasteiger partial charge in [-0.1, -0.05) is 78.4 Å². The normalized spacial score (nSPS) is 12.4. The predicted octanol–water partition coefficient (Wildman–Crippen LogP) is 5.70. The highest BCUT2D eigenvalue weighted by atomic mass is 35.5. The number of carbonyl (C=O) groups is 2. The fourth-order valence-corrected chi connectivity index (χ4v) is 3.96. The van der Waals surface area contributed by atoms with Crippen LogP contribution >= 0.6 is 11.6 Å². The number of aldehydes is 1. The lowest BCUT2D eigenvalue weighted by Crippen LogP contribution is -2.26. The number of alkyl carbamates (subject to hydrolysis) is 1. The van der Waals surface area contributed by atoms with E-state index in [4.69, 9.17) is 16.3 Å². The summed E-state index contributed by atoms with van der Waals surface area (Å²) in [5.74, 6) is 0.0390. The summed E-state index contributed by atoms with van der Waals surface area (Å²) in [5.41, 5.74) is 6.06. The lowest BCUT2D eigenvalue weighted by Gasteiger charge is -2.14. The van der Waals surface area contributed by atoms with Gasteiger partial charge in [0.25, 0.3) is 0 Å². The van der Waals surface area contributed by atoms with Gasteiger partial charge in [0.2, 0.25) is 0 Å². The molecule has 0 spiro atoms. The summed E-state index contributed by atoms with van der Waals surface area (Å²) in [5, 5.41) is 3.12. The number of halogens is 1. The summed E-state index contributed by atoms with van der Waals surface area (Å²) in [7, 11) is 0. The van der Waals surface area contributed by atoms with Crippen LogP contribution in [0.5, 0.6) is 0 Å². The second kappa shape index (κ2) is 8.97. The molecule has 0 bridgehead atoms. The lowest BCUT2D eigenvalue weighted by atomic mass is 9.98. The van der Waals surface area contributed by atoms with Crippen molar-refractivity contribution in [2.24, 2.45) is 0 Å². The van der Waals surface area contributed by atoms with E-state index in [9.17, 15) is 9.59 Å². The Labute approximate surface area is 180 Å². The van der Waals surface area contributed by atoms with Crippen molar-refractivity contribution < 1.29 is 14.3 Å². The molecule has 3 aromatic rings. The van der Waals surface area contributed by atoms with Crippen molar-refractivity contribution in [2.45, 2.75) is 5.92 Å². The molecule has 150 valence electrons. The van der Waals surface area contributed by atoms with Gasteiger partial charge in [0.1, 0.15) is 6.61 Å². The molecule has 4 rings (SSSR count). The Morgan fingerprint density at radius 3 is 2.30 bits per heavy atom. The van der Waals surface area contributed by atoms with Crippen LogP contribution in [0.4, 0.5) is 4.79 Å². The van der Waals surface area contributed by atoms with Crippen molar-refractivity contribution in [3.63, 3.8) is 0 Å². The Morgan fingerprint density at radius 2 is 1.67 bits per heavy atom. The fraction of sp³-hybridized carbons (Fsp3) is 0.120. The summed E-state index contributed by atoms with van der Waals surface area (Å²) >= 11 is 6.01. The molecule has 0 aromatic heterocycles. The van der Waals surface area contributed by atoms with E-state index >= 15 is 0 Å². The largest absolute Gasteiger partial charge is 0.449 e. The van der Waals surface area contributed by atoms with E-state index in [1.807, 2.05) is 30.3 Å². The number of hydrogen-bond donors (Lipinski definition) is 1. The van der Waals surface area contributed by atoms with Gasteiger partial charge in [-0.05, 0) is 39.9 Å². The number of benzene rings is 3. The first-order valence-electron chi connectivity index (χ1n) is 9.67. The van der Waals surface area contributed by atoms with Gasteiger partial charge in [-0.25, -0.2) is 4.79 Å². The van der Waals surface area contributed by atoms with E-state index in [1.165, 1.54) is 22.3 Å². The second-order valence-electron chi connectivity index (χ2n) is 7.01. The minimum absolute atomic E-state index is 0.0390. The molecule has 30 heavy (non-hydrogen) atoms. The number of hydrogen-bond acceptors (Lipinski definition) is 3. The average Bonchev–Trinajstić information content (AvgIpc) is 3.09. The van der Waals surface area contributed by atoms with Gasteiger partial charge in [-0.2, -0.15) is 0 Å². The number of carbonyl (C=O) groups excluding carboxylic acids is 2.